The van der Waals surface area contributed by atoms with Crippen LogP contribution in [0, 0.1) is 0 Å². The summed E-state index contributed by atoms with van der Waals surface area (Å²) in [5.74, 6) is -1.31. The fourth-order valence-corrected chi connectivity index (χ4v) is 3.56. The minimum absolute atomic E-state index is 0.0316. The predicted octanol–water partition coefficient (Wildman–Crippen LogP) is 1.36. The fourth-order valence-electron chi connectivity index (χ4n) is 2.04. The molecule has 0 saturated carbocycles. The van der Waals surface area contributed by atoms with E-state index in [4.69, 9.17) is 26.2 Å². The highest BCUT2D eigenvalue weighted by molar-refractivity contribution is 7.92. The molecule has 0 saturated heterocycles. The predicted molar refractivity (Wildman–Crippen MR) is 81.1 cm³/mol. The standard InChI is InChI=1S/C13H16ClNO6S/c1-2-20-5-6-22(18,19)15-8-12(13(16)17)21-11-4-3-9(14)7-10(11)15/h3-4,7,12H,2,5-6,8H2,1H3,(H,16,17). The van der Waals surface area contributed by atoms with E-state index >= 15 is 0 Å². The van der Waals surface area contributed by atoms with Gasteiger partial charge in [0.15, 0.2) is 0 Å². The fraction of sp³-hybridized carbons (Fsp3) is 0.462. The maximum atomic E-state index is 12.5. The summed E-state index contributed by atoms with van der Waals surface area (Å²) >= 11 is 5.90. The molecule has 0 aliphatic carbocycles. The van der Waals surface area contributed by atoms with E-state index in [2.05, 4.69) is 0 Å². The van der Waals surface area contributed by atoms with Gasteiger partial charge in [0.05, 0.1) is 24.6 Å². The lowest BCUT2D eigenvalue weighted by Crippen LogP contribution is -2.48. The van der Waals surface area contributed by atoms with Gasteiger partial charge in [0.1, 0.15) is 5.75 Å². The van der Waals surface area contributed by atoms with Crippen molar-refractivity contribution >= 4 is 33.3 Å². The molecule has 9 heteroatoms. The second-order valence-electron chi connectivity index (χ2n) is 4.60. The number of hydrogen-bond acceptors (Lipinski definition) is 5. The molecule has 0 amide bonds. The Kier molecular flexibility index (Phi) is 5.15. The first-order valence-electron chi connectivity index (χ1n) is 6.62. The maximum Gasteiger partial charge on any atom is 0.346 e. The molecule has 0 bridgehead atoms. The smallest absolute Gasteiger partial charge is 0.346 e. The monoisotopic (exact) mass is 349 g/mol. The highest BCUT2D eigenvalue weighted by atomic mass is 35.5. The summed E-state index contributed by atoms with van der Waals surface area (Å²) in [5, 5.41) is 9.45. The first kappa shape index (κ1) is 16.9. The Hall–Kier alpha value is -1.51. The van der Waals surface area contributed by atoms with E-state index in [9.17, 15) is 13.2 Å². The summed E-state index contributed by atoms with van der Waals surface area (Å²) in [7, 11) is -3.75. The number of carbonyl (C=O) groups is 1. The van der Waals surface area contributed by atoms with E-state index in [1.54, 1.807) is 6.92 Å². The van der Waals surface area contributed by atoms with Gasteiger partial charge >= 0.3 is 5.97 Å². The topological polar surface area (TPSA) is 93.1 Å². The molecular formula is C13H16ClNO6S. The Morgan fingerprint density at radius 2 is 2.27 bits per heavy atom. The van der Waals surface area contributed by atoms with Gasteiger partial charge in [-0.25, -0.2) is 13.2 Å². The lowest BCUT2D eigenvalue weighted by Gasteiger charge is -2.33. The second-order valence-corrected chi connectivity index (χ2v) is 7.05. The minimum Gasteiger partial charge on any atom is -0.478 e. The van der Waals surface area contributed by atoms with Crippen molar-refractivity contribution in [2.24, 2.45) is 0 Å². The summed E-state index contributed by atoms with van der Waals surface area (Å²) < 4.78 is 36.3. The van der Waals surface area contributed by atoms with Gasteiger partial charge in [0.25, 0.3) is 0 Å². The molecule has 0 radical (unpaired) electrons. The number of fused-ring (bicyclic) bond motifs is 1. The van der Waals surface area contributed by atoms with Crippen molar-refractivity contribution in [1.82, 2.24) is 0 Å². The SMILES string of the molecule is CCOCCS(=O)(=O)N1CC(C(=O)O)Oc2ccc(Cl)cc21. The van der Waals surface area contributed by atoms with Crippen LogP contribution in [0.4, 0.5) is 5.69 Å². The van der Waals surface area contributed by atoms with Crippen LogP contribution in [0.15, 0.2) is 18.2 Å². The highest BCUT2D eigenvalue weighted by Gasteiger charge is 2.36. The molecule has 0 spiro atoms. The van der Waals surface area contributed by atoms with E-state index in [0.717, 1.165) is 4.31 Å². The largest absolute Gasteiger partial charge is 0.478 e. The Morgan fingerprint density at radius 1 is 1.55 bits per heavy atom. The van der Waals surface area contributed by atoms with Crippen LogP contribution in [0.2, 0.25) is 5.02 Å². The van der Waals surface area contributed by atoms with Gasteiger partial charge in [0, 0.05) is 11.6 Å². The van der Waals surface area contributed by atoms with Crippen LogP contribution in [0.5, 0.6) is 5.75 Å². The number of halogens is 1. The molecule has 1 unspecified atom stereocenters. The lowest BCUT2D eigenvalue weighted by atomic mass is 10.2. The van der Waals surface area contributed by atoms with Gasteiger partial charge in [-0.2, -0.15) is 0 Å². The molecule has 1 aromatic rings. The van der Waals surface area contributed by atoms with Crippen molar-refractivity contribution in [1.29, 1.82) is 0 Å². The molecule has 1 aliphatic heterocycles. The Bertz CT molecular complexity index is 662. The van der Waals surface area contributed by atoms with Crippen LogP contribution in [0.25, 0.3) is 0 Å². The van der Waals surface area contributed by atoms with Crippen molar-refractivity contribution in [2.45, 2.75) is 13.0 Å². The van der Waals surface area contributed by atoms with Crippen molar-refractivity contribution < 1.29 is 27.8 Å². The third-order valence-corrected chi connectivity index (χ3v) is 5.03. The molecule has 122 valence electrons. The summed E-state index contributed by atoms with van der Waals surface area (Å²) in [6.45, 7) is 1.89. The Balaban J connectivity index is 2.36. The van der Waals surface area contributed by atoms with Gasteiger partial charge in [-0.05, 0) is 25.1 Å². The molecule has 0 aromatic heterocycles. The number of ether oxygens (including phenoxy) is 2. The average molecular weight is 350 g/mol. The van der Waals surface area contributed by atoms with Gasteiger partial charge in [0.2, 0.25) is 16.1 Å². The Labute approximate surface area is 133 Å². The zero-order valence-electron chi connectivity index (χ0n) is 11.9. The first-order valence-corrected chi connectivity index (χ1v) is 8.61. The molecular weight excluding hydrogens is 334 g/mol. The molecule has 1 heterocycles. The van der Waals surface area contributed by atoms with Crippen LogP contribution in [-0.2, 0) is 19.6 Å². The van der Waals surface area contributed by atoms with Gasteiger partial charge < -0.3 is 14.6 Å². The van der Waals surface area contributed by atoms with Crippen LogP contribution < -0.4 is 9.04 Å². The van der Waals surface area contributed by atoms with E-state index in [-0.39, 0.29) is 30.3 Å². The summed E-state index contributed by atoms with van der Waals surface area (Å²) in [5.41, 5.74) is 0.237. The number of carboxylic acids is 1. The van der Waals surface area contributed by atoms with Crippen LogP contribution in [-0.4, -0.2) is 51.1 Å². The number of nitrogens with zero attached hydrogens (tertiary/aromatic N) is 1. The summed E-state index contributed by atoms with van der Waals surface area (Å²) in [6.07, 6.45) is -1.27. The van der Waals surface area contributed by atoms with E-state index in [1.807, 2.05) is 0 Å². The van der Waals surface area contributed by atoms with Crippen LogP contribution >= 0.6 is 11.6 Å². The molecule has 1 aromatic carbocycles. The highest BCUT2D eigenvalue weighted by Crippen LogP contribution is 2.37. The third kappa shape index (κ3) is 3.63. The number of benzene rings is 1. The molecule has 1 N–H and O–H groups in total. The number of rotatable bonds is 6. The zero-order valence-corrected chi connectivity index (χ0v) is 13.4. The third-order valence-electron chi connectivity index (χ3n) is 3.09. The first-order chi connectivity index (χ1) is 10.3. The summed E-state index contributed by atoms with van der Waals surface area (Å²) in [6, 6.07) is 4.40. The number of hydrogen-bond donors (Lipinski definition) is 1. The average Bonchev–Trinajstić information content (AvgIpc) is 2.46. The maximum absolute atomic E-state index is 12.5. The van der Waals surface area contributed by atoms with E-state index in [1.165, 1.54) is 18.2 Å². The number of carboxylic acid groups (broad SMARTS) is 1. The van der Waals surface area contributed by atoms with E-state index < -0.39 is 22.1 Å². The minimum atomic E-state index is -3.75. The number of anilines is 1. The van der Waals surface area contributed by atoms with Crippen molar-refractivity contribution in [3.8, 4) is 5.75 Å². The number of sulfonamides is 1. The van der Waals surface area contributed by atoms with Crippen molar-refractivity contribution in [3.63, 3.8) is 0 Å². The van der Waals surface area contributed by atoms with Crippen molar-refractivity contribution in [3.05, 3.63) is 23.2 Å². The summed E-state index contributed by atoms with van der Waals surface area (Å²) in [4.78, 5) is 11.2. The van der Waals surface area contributed by atoms with Gasteiger partial charge in [-0.15, -0.1) is 0 Å². The quantitative estimate of drug-likeness (QED) is 0.779. The molecule has 2 rings (SSSR count). The number of aliphatic carboxylic acids is 1. The van der Waals surface area contributed by atoms with Crippen LogP contribution in [0.1, 0.15) is 6.92 Å². The van der Waals surface area contributed by atoms with Gasteiger partial charge in [-0.3, -0.25) is 4.31 Å². The van der Waals surface area contributed by atoms with Gasteiger partial charge in [-0.1, -0.05) is 11.6 Å². The molecule has 0 fully saturated rings. The Morgan fingerprint density at radius 3 is 2.91 bits per heavy atom. The molecule has 22 heavy (non-hydrogen) atoms. The molecule has 1 aliphatic rings. The second kappa shape index (κ2) is 6.72. The molecule has 1 atom stereocenters. The van der Waals surface area contributed by atoms with Crippen molar-refractivity contribution in [2.75, 3.05) is 29.8 Å². The molecule has 7 nitrogen and oxygen atoms in total. The zero-order chi connectivity index (χ0) is 16.3. The van der Waals surface area contributed by atoms with Crippen LogP contribution in [0.3, 0.4) is 0 Å². The lowest BCUT2D eigenvalue weighted by molar-refractivity contribution is -0.144. The van der Waals surface area contributed by atoms with E-state index in [0.29, 0.717) is 11.6 Å². The normalized spacial score (nSPS) is 17.7.